The fourth-order valence-corrected chi connectivity index (χ4v) is 2.82. The second-order valence-electron chi connectivity index (χ2n) is 5.39. The lowest BCUT2D eigenvalue weighted by Gasteiger charge is -2.29. The number of ether oxygens (including phenoxy) is 1. The Morgan fingerprint density at radius 2 is 2.00 bits per heavy atom. The lowest BCUT2D eigenvalue weighted by molar-refractivity contribution is -0.385. The quantitative estimate of drug-likeness (QED) is 0.645. The topological polar surface area (TPSA) is 72.7 Å². The number of fused-ring (bicyclic) bond motifs is 1. The van der Waals surface area contributed by atoms with E-state index in [0.717, 1.165) is 17.7 Å². The SMILES string of the molecule is COc1ccc2c(c1)CN(C(=O)c1ccccc1[N+](=O)[O-])CC2. The van der Waals surface area contributed by atoms with E-state index in [9.17, 15) is 14.9 Å². The molecule has 0 saturated heterocycles. The molecule has 0 spiro atoms. The van der Waals surface area contributed by atoms with Crippen LogP contribution in [0.1, 0.15) is 21.5 Å². The van der Waals surface area contributed by atoms with Gasteiger partial charge in [0.15, 0.2) is 0 Å². The van der Waals surface area contributed by atoms with Gasteiger partial charge in [-0.2, -0.15) is 0 Å². The van der Waals surface area contributed by atoms with Crippen molar-refractivity contribution in [2.45, 2.75) is 13.0 Å². The molecule has 2 aromatic rings. The summed E-state index contributed by atoms with van der Waals surface area (Å²) in [5.41, 5.74) is 2.16. The molecule has 23 heavy (non-hydrogen) atoms. The Bertz CT molecular complexity index is 773. The van der Waals surface area contributed by atoms with Gasteiger partial charge in [0.1, 0.15) is 11.3 Å². The number of rotatable bonds is 3. The van der Waals surface area contributed by atoms with Gasteiger partial charge in [-0.3, -0.25) is 14.9 Å². The average Bonchev–Trinajstić information content (AvgIpc) is 2.60. The highest BCUT2D eigenvalue weighted by Crippen LogP contribution is 2.26. The van der Waals surface area contributed by atoms with Crippen LogP contribution in [0.3, 0.4) is 0 Å². The molecule has 2 aromatic carbocycles. The van der Waals surface area contributed by atoms with Crippen LogP contribution in [-0.4, -0.2) is 29.4 Å². The Hall–Kier alpha value is -2.89. The number of methoxy groups -OCH3 is 1. The number of carbonyl (C=O) groups excluding carboxylic acids is 1. The minimum absolute atomic E-state index is 0.129. The zero-order valence-electron chi connectivity index (χ0n) is 12.7. The Balaban J connectivity index is 1.89. The number of benzene rings is 2. The Morgan fingerprint density at radius 3 is 2.74 bits per heavy atom. The van der Waals surface area contributed by atoms with Crippen LogP contribution in [0.5, 0.6) is 5.75 Å². The summed E-state index contributed by atoms with van der Waals surface area (Å²) in [6.45, 7) is 0.974. The third-order valence-corrected chi connectivity index (χ3v) is 4.04. The summed E-state index contributed by atoms with van der Waals surface area (Å²) in [6.07, 6.45) is 0.728. The Morgan fingerprint density at radius 1 is 1.22 bits per heavy atom. The van der Waals surface area contributed by atoms with Crippen LogP contribution in [-0.2, 0) is 13.0 Å². The van der Waals surface area contributed by atoms with Crippen LogP contribution >= 0.6 is 0 Å². The van der Waals surface area contributed by atoms with E-state index in [1.165, 1.54) is 17.7 Å². The molecule has 1 aliphatic rings. The van der Waals surface area contributed by atoms with Gasteiger partial charge >= 0.3 is 0 Å². The van der Waals surface area contributed by atoms with Crippen molar-refractivity contribution in [1.29, 1.82) is 0 Å². The van der Waals surface area contributed by atoms with Crippen LogP contribution in [0.2, 0.25) is 0 Å². The molecule has 0 N–H and O–H groups in total. The third kappa shape index (κ3) is 2.88. The van der Waals surface area contributed by atoms with E-state index in [2.05, 4.69) is 0 Å². The largest absolute Gasteiger partial charge is 0.497 e. The van der Waals surface area contributed by atoms with E-state index in [0.29, 0.717) is 13.1 Å². The van der Waals surface area contributed by atoms with Gasteiger partial charge in [0.25, 0.3) is 11.6 Å². The second-order valence-corrected chi connectivity index (χ2v) is 5.39. The number of nitrogens with zero attached hydrogens (tertiary/aromatic N) is 2. The van der Waals surface area contributed by atoms with Crippen molar-refractivity contribution in [3.05, 3.63) is 69.3 Å². The number of nitro groups is 1. The van der Waals surface area contributed by atoms with E-state index >= 15 is 0 Å². The van der Waals surface area contributed by atoms with Crippen LogP contribution < -0.4 is 4.74 Å². The van der Waals surface area contributed by atoms with Gasteiger partial charge in [-0.1, -0.05) is 18.2 Å². The normalized spacial score (nSPS) is 13.3. The van der Waals surface area contributed by atoms with Gasteiger partial charge in [-0.15, -0.1) is 0 Å². The molecule has 1 amide bonds. The number of carbonyl (C=O) groups is 1. The average molecular weight is 312 g/mol. The zero-order chi connectivity index (χ0) is 16.4. The Kier molecular flexibility index (Phi) is 3.97. The minimum Gasteiger partial charge on any atom is -0.497 e. The van der Waals surface area contributed by atoms with Gasteiger partial charge in [0.2, 0.25) is 0 Å². The van der Waals surface area contributed by atoms with Crippen LogP contribution in [0.4, 0.5) is 5.69 Å². The van der Waals surface area contributed by atoms with Crippen molar-refractivity contribution < 1.29 is 14.5 Å². The number of amides is 1. The molecule has 0 fully saturated rings. The smallest absolute Gasteiger partial charge is 0.282 e. The summed E-state index contributed by atoms with van der Waals surface area (Å²) in [7, 11) is 1.60. The highest BCUT2D eigenvalue weighted by Gasteiger charge is 2.27. The third-order valence-electron chi connectivity index (χ3n) is 4.04. The molecule has 0 atom stereocenters. The molecule has 3 rings (SSSR count). The summed E-state index contributed by atoms with van der Waals surface area (Å²) in [6, 6.07) is 11.9. The molecule has 0 unspecified atom stereocenters. The molecule has 118 valence electrons. The molecule has 0 aliphatic carbocycles. The monoisotopic (exact) mass is 312 g/mol. The van der Waals surface area contributed by atoms with E-state index < -0.39 is 4.92 Å². The fraction of sp³-hybridized carbons (Fsp3) is 0.235. The first-order valence-electron chi connectivity index (χ1n) is 7.28. The predicted molar refractivity (Wildman–Crippen MR) is 84.5 cm³/mol. The first kappa shape index (κ1) is 15.0. The second kappa shape index (κ2) is 6.08. The molecule has 0 bridgehead atoms. The van der Waals surface area contributed by atoms with Gasteiger partial charge < -0.3 is 9.64 Å². The fourth-order valence-electron chi connectivity index (χ4n) is 2.82. The van der Waals surface area contributed by atoms with E-state index in [1.807, 2.05) is 18.2 Å². The summed E-state index contributed by atoms with van der Waals surface area (Å²) in [4.78, 5) is 24.9. The van der Waals surface area contributed by atoms with Crippen molar-refractivity contribution in [3.63, 3.8) is 0 Å². The first-order chi connectivity index (χ1) is 11.1. The number of hydrogen-bond acceptors (Lipinski definition) is 4. The van der Waals surface area contributed by atoms with E-state index in [4.69, 9.17) is 4.74 Å². The maximum absolute atomic E-state index is 12.7. The number of para-hydroxylation sites is 1. The van der Waals surface area contributed by atoms with Gasteiger partial charge in [-0.25, -0.2) is 0 Å². The molecule has 1 aliphatic heterocycles. The van der Waals surface area contributed by atoms with Crippen molar-refractivity contribution >= 4 is 11.6 Å². The van der Waals surface area contributed by atoms with E-state index in [-0.39, 0.29) is 17.2 Å². The lowest BCUT2D eigenvalue weighted by Crippen LogP contribution is -2.36. The predicted octanol–water partition coefficient (Wildman–Crippen LogP) is 2.80. The van der Waals surface area contributed by atoms with Gasteiger partial charge in [-0.05, 0) is 35.7 Å². The standard InChI is InChI=1S/C17H16N2O4/c1-23-14-7-6-12-8-9-18(11-13(12)10-14)17(20)15-4-2-3-5-16(15)19(21)22/h2-7,10H,8-9,11H2,1H3. The van der Waals surface area contributed by atoms with Crippen molar-refractivity contribution in [2.75, 3.05) is 13.7 Å². The minimum atomic E-state index is -0.520. The van der Waals surface area contributed by atoms with Crippen LogP contribution in [0.25, 0.3) is 0 Å². The van der Waals surface area contributed by atoms with Crippen LogP contribution in [0.15, 0.2) is 42.5 Å². The Labute approximate surface area is 133 Å². The summed E-state index contributed by atoms with van der Waals surface area (Å²) in [5, 5.41) is 11.1. The van der Waals surface area contributed by atoms with Gasteiger partial charge in [0.05, 0.1) is 12.0 Å². The van der Waals surface area contributed by atoms with Crippen molar-refractivity contribution in [2.24, 2.45) is 0 Å². The maximum atomic E-state index is 12.7. The molecule has 6 nitrogen and oxygen atoms in total. The summed E-state index contributed by atoms with van der Waals surface area (Å²) in [5.74, 6) is 0.425. The van der Waals surface area contributed by atoms with Crippen molar-refractivity contribution in [1.82, 2.24) is 4.90 Å². The number of hydrogen-bond donors (Lipinski definition) is 0. The van der Waals surface area contributed by atoms with Crippen molar-refractivity contribution in [3.8, 4) is 5.75 Å². The maximum Gasteiger partial charge on any atom is 0.282 e. The zero-order valence-corrected chi connectivity index (χ0v) is 12.7. The first-order valence-corrected chi connectivity index (χ1v) is 7.28. The molecular weight excluding hydrogens is 296 g/mol. The lowest BCUT2D eigenvalue weighted by atomic mass is 9.98. The highest BCUT2D eigenvalue weighted by atomic mass is 16.6. The summed E-state index contributed by atoms with van der Waals surface area (Å²) >= 11 is 0. The molecule has 6 heteroatoms. The molecule has 0 aromatic heterocycles. The van der Waals surface area contributed by atoms with Gasteiger partial charge in [0, 0.05) is 19.2 Å². The molecular formula is C17H16N2O4. The van der Waals surface area contributed by atoms with Crippen LogP contribution in [0, 0.1) is 10.1 Å². The summed E-state index contributed by atoms with van der Waals surface area (Å²) < 4.78 is 5.22. The molecule has 0 radical (unpaired) electrons. The number of nitro benzene ring substituents is 1. The highest BCUT2D eigenvalue weighted by molar-refractivity contribution is 5.98. The molecule has 0 saturated carbocycles. The molecule has 1 heterocycles. The van der Waals surface area contributed by atoms with E-state index in [1.54, 1.807) is 24.1 Å².